The zero-order valence-corrected chi connectivity index (χ0v) is 13.5. The number of carbonyl (C=O) groups excluding carboxylic acids is 1. The standard InChI is InChI=1S/C16H16N4OS/c1-10-11(2)19-14-8-12(4-5-13(14)18-10)16(21)20(3)9-15-17-6-7-22-15/h4-8H,9H2,1-3H3. The molecule has 2 heterocycles. The minimum Gasteiger partial charge on any atom is -0.335 e. The number of thiazole rings is 1. The molecule has 0 spiro atoms. The molecule has 0 aliphatic rings. The molecule has 112 valence electrons. The fraction of sp³-hybridized carbons (Fsp3) is 0.250. The molecule has 0 saturated carbocycles. The molecule has 1 aromatic carbocycles. The SMILES string of the molecule is Cc1nc2ccc(C(=O)N(C)Cc3nccs3)cc2nc1C. The van der Waals surface area contributed by atoms with Crippen molar-refractivity contribution in [3.05, 3.63) is 51.7 Å². The summed E-state index contributed by atoms with van der Waals surface area (Å²) in [5.74, 6) is -0.0443. The van der Waals surface area contributed by atoms with Crippen molar-refractivity contribution in [2.75, 3.05) is 7.05 Å². The van der Waals surface area contributed by atoms with Gasteiger partial charge in [-0.25, -0.2) is 15.0 Å². The fourth-order valence-electron chi connectivity index (χ4n) is 2.19. The smallest absolute Gasteiger partial charge is 0.254 e. The lowest BCUT2D eigenvalue weighted by Crippen LogP contribution is -2.26. The molecule has 0 atom stereocenters. The van der Waals surface area contributed by atoms with Crippen molar-refractivity contribution in [3.63, 3.8) is 0 Å². The highest BCUT2D eigenvalue weighted by Crippen LogP contribution is 2.16. The van der Waals surface area contributed by atoms with Crippen LogP contribution in [-0.4, -0.2) is 32.8 Å². The largest absolute Gasteiger partial charge is 0.335 e. The molecule has 5 nitrogen and oxygen atoms in total. The third-order valence-corrected chi connectivity index (χ3v) is 4.29. The van der Waals surface area contributed by atoms with Gasteiger partial charge in [-0.05, 0) is 32.0 Å². The van der Waals surface area contributed by atoms with Crippen molar-refractivity contribution in [1.29, 1.82) is 0 Å². The summed E-state index contributed by atoms with van der Waals surface area (Å²) in [6, 6.07) is 5.45. The van der Waals surface area contributed by atoms with E-state index in [2.05, 4.69) is 15.0 Å². The number of aromatic nitrogens is 3. The zero-order valence-electron chi connectivity index (χ0n) is 12.7. The Balaban J connectivity index is 1.89. The van der Waals surface area contributed by atoms with Gasteiger partial charge in [0.1, 0.15) is 5.01 Å². The molecule has 0 aliphatic carbocycles. The van der Waals surface area contributed by atoms with Gasteiger partial charge in [0.05, 0.1) is 29.0 Å². The maximum atomic E-state index is 12.5. The van der Waals surface area contributed by atoms with Crippen molar-refractivity contribution in [2.24, 2.45) is 0 Å². The molecule has 0 radical (unpaired) electrons. The third-order valence-electron chi connectivity index (χ3n) is 3.52. The van der Waals surface area contributed by atoms with Gasteiger partial charge in [0.15, 0.2) is 0 Å². The summed E-state index contributed by atoms with van der Waals surface area (Å²) in [4.78, 5) is 27.4. The van der Waals surface area contributed by atoms with E-state index in [0.717, 1.165) is 27.4 Å². The summed E-state index contributed by atoms with van der Waals surface area (Å²) in [5, 5.41) is 2.83. The molecule has 0 unspecified atom stereocenters. The predicted octanol–water partition coefficient (Wildman–Crippen LogP) is 2.98. The summed E-state index contributed by atoms with van der Waals surface area (Å²) in [6.45, 7) is 4.36. The number of amides is 1. The summed E-state index contributed by atoms with van der Waals surface area (Å²) >= 11 is 1.54. The maximum absolute atomic E-state index is 12.5. The van der Waals surface area contributed by atoms with Crippen molar-refractivity contribution < 1.29 is 4.79 Å². The Morgan fingerprint density at radius 2 is 1.91 bits per heavy atom. The quantitative estimate of drug-likeness (QED) is 0.746. The van der Waals surface area contributed by atoms with Crippen LogP contribution in [0.4, 0.5) is 0 Å². The molecule has 2 aromatic heterocycles. The number of hydrogen-bond acceptors (Lipinski definition) is 5. The second-order valence-corrected chi connectivity index (χ2v) is 6.16. The molecule has 0 N–H and O–H groups in total. The Hall–Kier alpha value is -2.34. The first kappa shape index (κ1) is 14.6. The number of nitrogens with zero attached hydrogens (tertiary/aromatic N) is 4. The highest BCUT2D eigenvalue weighted by molar-refractivity contribution is 7.09. The van der Waals surface area contributed by atoms with Crippen molar-refractivity contribution >= 4 is 28.3 Å². The highest BCUT2D eigenvalue weighted by Gasteiger charge is 2.14. The number of aryl methyl sites for hydroxylation is 2. The van der Waals surface area contributed by atoms with Crippen LogP contribution in [0.1, 0.15) is 26.8 Å². The van der Waals surface area contributed by atoms with E-state index >= 15 is 0 Å². The highest BCUT2D eigenvalue weighted by atomic mass is 32.1. The normalized spacial score (nSPS) is 10.9. The monoisotopic (exact) mass is 312 g/mol. The minimum atomic E-state index is -0.0443. The summed E-state index contributed by atoms with van der Waals surface area (Å²) < 4.78 is 0. The van der Waals surface area contributed by atoms with E-state index in [9.17, 15) is 4.79 Å². The van der Waals surface area contributed by atoms with E-state index in [1.165, 1.54) is 0 Å². The second kappa shape index (κ2) is 5.81. The topological polar surface area (TPSA) is 59.0 Å². The Kier molecular flexibility index (Phi) is 3.85. The van der Waals surface area contributed by atoms with Gasteiger partial charge in [-0.15, -0.1) is 11.3 Å². The van der Waals surface area contributed by atoms with Gasteiger partial charge in [0, 0.05) is 24.2 Å². The maximum Gasteiger partial charge on any atom is 0.254 e. The van der Waals surface area contributed by atoms with Gasteiger partial charge < -0.3 is 4.90 Å². The van der Waals surface area contributed by atoms with Crippen LogP contribution in [0.15, 0.2) is 29.8 Å². The minimum absolute atomic E-state index is 0.0443. The lowest BCUT2D eigenvalue weighted by Gasteiger charge is -2.16. The number of benzene rings is 1. The molecule has 22 heavy (non-hydrogen) atoms. The van der Waals surface area contributed by atoms with E-state index < -0.39 is 0 Å². The molecule has 0 fully saturated rings. The van der Waals surface area contributed by atoms with Crippen LogP contribution >= 0.6 is 11.3 Å². The lowest BCUT2D eigenvalue weighted by molar-refractivity contribution is 0.0785. The Bertz CT molecular complexity index is 830. The third kappa shape index (κ3) is 2.82. The first-order valence-electron chi connectivity index (χ1n) is 6.93. The number of carbonyl (C=O) groups is 1. The average Bonchev–Trinajstić information content (AvgIpc) is 3.00. The Labute approximate surface area is 132 Å². The summed E-state index contributed by atoms with van der Waals surface area (Å²) in [7, 11) is 1.78. The van der Waals surface area contributed by atoms with Crippen LogP contribution in [0.5, 0.6) is 0 Å². The fourth-order valence-corrected chi connectivity index (χ4v) is 2.86. The summed E-state index contributed by atoms with van der Waals surface area (Å²) in [5.41, 5.74) is 3.96. The summed E-state index contributed by atoms with van der Waals surface area (Å²) in [6.07, 6.45) is 1.75. The molecule has 3 rings (SSSR count). The van der Waals surface area contributed by atoms with Crippen LogP contribution in [0.25, 0.3) is 11.0 Å². The number of fused-ring (bicyclic) bond motifs is 1. The first-order valence-corrected chi connectivity index (χ1v) is 7.81. The molecular formula is C16H16N4OS. The molecule has 0 bridgehead atoms. The van der Waals surface area contributed by atoms with Crippen LogP contribution in [0, 0.1) is 13.8 Å². The van der Waals surface area contributed by atoms with Crippen LogP contribution in [0.2, 0.25) is 0 Å². The first-order chi connectivity index (χ1) is 10.5. The molecule has 1 amide bonds. The number of hydrogen-bond donors (Lipinski definition) is 0. The van der Waals surface area contributed by atoms with Crippen LogP contribution in [0.3, 0.4) is 0 Å². The Morgan fingerprint density at radius 3 is 2.59 bits per heavy atom. The van der Waals surface area contributed by atoms with Crippen molar-refractivity contribution in [3.8, 4) is 0 Å². The van der Waals surface area contributed by atoms with Gasteiger partial charge in [-0.1, -0.05) is 0 Å². The molecule has 0 aliphatic heterocycles. The lowest BCUT2D eigenvalue weighted by atomic mass is 10.1. The van der Waals surface area contributed by atoms with E-state index in [1.54, 1.807) is 41.6 Å². The van der Waals surface area contributed by atoms with E-state index in [1.807, 2.05) is 25.3 Å². The van der Waals surface area contributed by atoms with Gasteiger partial charge in [0.25, 0.3) is 5.91 Å². The molecule has 3 aromatic rings. The van der Waals surface area contributed by atoms with Crippen LogP contribution < -0.4 is 0 Å². The predicted molar refractivity (Wildman–Crippen MR) is 86.9 cm³/mol. The molecule has 0 saturated heterocycles. The van der Waals surface area contributed by atoms with Crippen LogP contribution in [-0.2, 0) is 6.54 Å². The van der Waals surface area contributed by atoms with Crippen molar-refractivity contribution in [1.82, 2.24) is 19.9 Å². The molecule has 6 heteroatoms. The second-order valence-electron chi connectivity index (χ2n) is 5.18. The van der Waals surface area contributed by atoms with E-state index in [0.29, 0.717) is 12.1 Å². The number of rotatable bonds is 3. The van der Waals surface area contributed by atoms with Gasteiger partial charge >= 0.3 is 0 Å². The molecular weight excluding hydrogens is 296 g/mol. The van der Waals surface area contributed by atoms with Gasteiger partial charge in [-0.3, -0.25) is 4.79 Å². The average molecular weight is 312 g/mol. The zero-order chi connectivity index (χ0) is 15.7. The van der Waals surface area contributed by atoms with Gasteiger partial charge in [-0.2, -0.15) is 0 Å². The Morgan fingerprint density at radius 1 is 1.18 bits per heavy atom. The van der Waals surface area contributed by atoms with E-state index in [-0.39, 0.29) is 5.91 Å². The van der Waals surface area contributed by atoms with E-state index in [4.69, 9.17) is 0 Å². The van der Waals surface area contributed by atoms with Crippen molar-refractivity contribution in [2.45, 2.75) is 20.4 Å². The van der Waals surface area contributed by atoms with Gasteiger partial charge in [0.2, 0.25) is 0 Å².